The zero-order chi connectivity index (χ0) is 19.2. The number of carbonyl (C=O) groups is 2. The van der Waals surface area contributed by atoms with E-state index in [1.807, 2.05) is 27.7 Å². The molecule has 142 valence electrons. The Hall–Kier alpha value is -0.900. The fourth-order valence-electron chi connectivity index (χ4n) is 3.19. The third kappa shape index (κ3) is 10.1. The van der Waals surface area contributed by atoms with Crippen LogP contribution in [-0.2, 0) is 14.3 Å². The quantitative estimate of drug-likeness (QED) is 0.607. The molecule has 0 heterocycles. The Bertz CT molecular complexity index is 423. The summed E-state index contributed by atoms with van der Waals surface area (Å²) in [6, 6.07) is 0. The highest BCUT2D eigenvalue weighted by Crippen LogP contribution is 2.36. The molecule has 0 unspecified atom stereocenters. The Morgan fingerprint density at radius 3 is 2.04 bits per heavy atom. The van der Waals surface area contributed by atoms with Crippen LogP contribution in [0.2, 0.25) is 0 Å². The molecule has 0 aliphatic rings. The molecule has 4 nitrogen and oxygen atoms in total. The van der Waals surface area contributed by atoms with E-state index in [1.165, 1.54) is 0 Å². The van der Waals surface area contributed by atoms with E-state index in [0.29, 0.717) is 25.3 Å². The molecule has 0 aliphatic heterocycles. The Balaban J connectivity index is 4.46. The molecule has 0 aromatic heterocycles. The van der Waals surface area contributed by atoms with Gasteiger partial charge < -0.3 is 14.8 Å². The molecule has 24 heavy (non-hydrogen) atoms. The van der Waals surface area contributed by atoms with E-state index in [4.69, 9.17) is 4.74 Å². The van der Waals surface area contributed by atoms with Crippen molar-refractivity contribution in [3.63, 3.8) is 0 Å². The smallest absolute Gasteiger partial charge is 0.225 e. The SMILES string of the molecule is CC(=O)CC(C)(C)CC(C)(C)C(=O)NCCC(C)(C)OCC(C)C. The lowest BCUT2D eigenvalue weighted by molar-refractivity contribution is -0.132. The summed E-state index contributed by atoms with van der Waals surface area (Å²) >= 11 is 0. The molecular formula is C20H39NO3. The predicted molar refractivity (Wildman–Crippen MR) is 100.0 cm³/mol. The minimum atomic E-state index is -0.498. The van der Waals surface area contributed by atoms with Crippen molar-refractivity contribution in [3.8, 4) is 0 Å². The topological polar surface area (TPSA) is 55.4 Å². The first-order valence-corrected chi connectivity index (χ1v) is 9.09. The zero-order valence-corrected chi connectivity index (χ0v) is 17.3. The maximum absolute atomic E-state index is 12.5. The molecular weight excluding hydrogens is 302 g/mol. The lowest BCUT2D eigenvalue weighted by atomic mass is 9.72. The molecule has 0 bridgehead atoms. The summed E-state index contributed by atoms with van der Waals surface area (Å²) in [4.78, 5) is 23.9. The second kappa shape index (κ2) is 8.98. The van der Waals surface area contributed by atoms with Crippen molar-refractivity contribution < 1.29 is 14.3 Å². The van der Waals surface area contributed by atoms with Crippen LogP contribution in [0.3, 0.4) is 0 Å². The Kier molecular flexibility index (Phi) is 8.64. The van der Waals surface area contributed by atoms with E-state index < -0.39 is 5.41 Å². The minimum absolute atomic E-state index is 0.0405. The monoisotopic (exact) mass is 341 g/mol. The van der Waals surface area contributed by atoms with E-state index >= 15 is 0 Å². The summed E-state index contributed by atoms with van der Waals surface area (Å²) in [5.41, 5.74) is -0.913. The van der Waals surface area contributed by atoms with Gasteiger partial charge in [-0.3, -0.25) is 4.79 Å². The van der Waals surface area contributed by atoms with Crippen molar-refractivity contribution in [2.45, 2.75) is 87.2 Å². The molecule has 0 aromatic rings. The average molecular weight is 342 g/mol. The van der Waals surface area contributed by atoms with E-state index in [0.717, 1.165) is 13.0 Å². The second-order valence-corrected chi connectivity index (χ2v) is 9.57. The van der Waals surface area contributed by atoms with Gasteiger partial charge in [0.25, 0.3) is 0 Å². The van der Waals surface area contributed by atoms with Gasteiger partial charge in [-0.15, -0.1) is 0 Å². The number of hydrogen-bond donors (Lipinski definition) is 1. The van der Waals surface area contributed by atoms with Gasteiger partial charge in [0.2, 0.25) is 5.91 Å². The number of nitrogens with one attached hydrogen (secondary N) is 1. The molecule has 1 N–H and O–H groups in total. The first kappa shape index (κ1) is 23.1. The van der Waals surface area contributed by atoms with Crippen molar-refractivity contribution in [2.75, 3.05) is 13.2 Å². The van der Waals surface area contributed by atoms with Gasteiger partial charge in [-0.1, -0.05) is 41.5 Å². The molecule has 0 aromatic carbocycles. The largest absolute Gasteiger partial charge is 0.375 e. The van der Waals surface area contributed by atoms with Crippen LogP contribution in [0.25, 0.3) is 0 Å². The van der Waals surface area contributed by atoms with E-state index in [1.54, 1.807) is 6.92 Å². The normalized spacial score (nSPS) is 13.2. The van der Waals surface area contributed by atoms with E-state index in [9.17, 15) is 9.59 Å². The molecule has 0 saturated carbocycles. The number of rotatable bonds is 11. The molecule has 0 radical (unpaired) electrons. The fraction of sp³-hybridized carbons (Fsp3) is 0.900. The van der Waals surface area contributed by atoms with Gasteiger partial charge in [0, 0.05) is 25.0 Å². The fourth-order valence-corrected chi connectivity index (χ4v) is 3.19. The summed E-state index contributed by atoms with van der Waals surface area (Å²) in [7, 11) is 0. The summed E-state index contributed by atoms with van der Waals surface area (Å²) in [6.07, 6.45) is 1.96. The van der Waals surface area contributed by atoms with Gasteiger partial charge >= 0.3 is 0 Å². The first-order valence-electron chi connectivity index (χ1n) is 9.09. The predicted octanol–water partition coefficient (Wildman–Crippen LogP) is 4.37. The maximum atomic E-state index is 12.5. The maximum Gasteiger partial charge on any atom is 0.225 e. The number of carbonyl (C=O) groups excluding carboxylic acids is 2. The Labute approximate surface area is 149 Å². The number of amides is 1. The van der Waals surface area contributed by atoms with Crippen LogP contribution >= 0.6 is 0 Å². The highest BCUT2D eigenvalue weighted by atomic mass is 16.5. The summed E-state index contributed by atoms with van der Waals surface area (Å²) in [6.45, 7) is 19.3. The Morgan fingerprint density at radius 2 is 1.58 bits per heavy atom. The minimum Gasteiger partial charge on any atom is -0.375 e. The average Bonchev–Trinajstić information content (AvgIpc) is 2.33. The van der Waals surface area contributed by atoms with Crippen molar-refractivity contribution in [2.24, 2.45) is 16.7 Å². The Morgan fingerprint density at radius 1 is 1.04 bits per heavy atom. The van der Waals surface area contributed by atoms with E-state index in [2.05, 4.69) is 33.0 Å². The van der Waals surface area contributed by atoms with Crippen molar-refractivity contribution in [1.82, 2.24) is 5.32 Å². The lowest BCUT2D eigenvalue weighted by Crippen LogP contribution is -2.42. The number of Topliss-reactive ketones (excluding diaryl/α,β-unsaturated/α-hetero) is 1. The highest BCUT2D eigenvalue weighted by molar-refractivity contribution is 5.82. The van der Waals surface area contributed by atoms with Gasteiger partial charge in [0.15, 0.2) is 0 Å². The third-order valence-electron chi connectivity index (χ3n) is 4.08. The lowest BCUT2D eigenvalue weighted by Gasteiger charge is -2.34. The molecule has 0 aliphatic carbocycles. The molecule has 0 rings (SSSR count). The highest BCUT2D eigenvalue weighted by Gasteiger charge is 2.35. The molecule has 0 saturated heterocycles. The summed E-state index contributed by atoms with van der Waals surface area (Å²) in [5, 5.41) is 3.04. The van der Waals surface area contributed by atoms with Gasteiger partial charge in [-0.25, -0.2) is 0 Å². The summed E-state index contributed by atoms with van der Waals surface area (Å²) < 4.78 is 5.89. The molecule has 0 fully saturated rings. The number of ether oxygens (including phenoxy) is 1. The van der Waals surface area contributed by atoms with Gasteiger partial charge in [-0.05, 0) is 44.9 Å². The van der Waals surface area contributed by atoms with Gasteiger partial charge in [0.05, 0.1) is 5.60 Å². The van der Waals surface area contributed by atoms with Crippen LogP contribution in [0.1, 0.15) is 81.6 Å². The molecule has 1 amide bonds. The molecule has 0 atom stereocenters. The standard InChI is InChI=1S/C20H39NO3/c1-15(2)13-24-20(8,9)10-11-21-17(23)19(6,7)14-18(4,5)12-16(3)22/h15H,10-14H2,1-9H3,(H,21,23). The van der Waals surface area contributed by atoms with Crippen molar-refractivity contribution >= 4 is 11.7 Å². The number of hydrogen-bond acceptors (Lipinski definition) is 3. The van der Waals surface area contributed by atoms with Crippen LogP contribution in [0.4, 0.5) is 0 Å². The van der Waals surface area contributed by atoms with Gasteiger partial charge in [0.1, 0.15) is 5.78 Å². The van der Waals surface area contributed by atoms with Crippen molar-refractivity contribution in [1.29, 1.82) is 0 Å². The summed E-state index contributed by atoms with van der Waals surface area (Å²) in [5.74, 6) is 0.709. The third-order valence-corrected chi connectivity index (χ3v) is 4.08. The van der Waals surface area contributed by atoms with E-state index in [-0.39, 0.29) is 22.7 Å². The van der Waals surface area contributed by atoms with Crippen LogP contribution in [0, 0.1) is 16.7 Å². The number of ketones is 1. The molecule has 4 heteroatoms. The van der Waals surface area contributed by atoms with Crippen LogP contribution in [0.15, 0.2) is 0 Å². The van der Waals surface area contributed by atoms with Crippen LogP contribution in [-0.4, -0.2) is 30.4 Å². The molecule has 0 spiro atoms. The first-order chi connectivity index (χ1) is 10.7. The van der Waals surface area contributed by atoms with Crippen LogP contribution < -0.4 is 5.32 Å². The van der Waals surface area contributed by atoms with Crippen molar-refractivity contribution in [3.05, 3.63) is 0 Å². The van der Waals surface area contributed by atoms with Crippen LogP contribution in [0.5, 0.6) is 0 Å². The zero-order valence-electron chi connectivity index (χ0n) is 17.3. The second-order valence-electron chi connectivity index (χ2n) is 9.57. The van der Waals surface area contributed by atoms with Gasteiger partial charge in [-0.2, -0.15) is 0 Å².